The number of piperidine rings is 1. The zero-order valence-corrected chi connectivity index (χ0v) is 7.77. The molecule has 0 amide bonds. The summed E-state index contributed by atoms with van der Waals surface area (Å²) in [4.78, 5) is 0. The number of rotatable bonds is 2. The largest absolute Gasteiger partial charge is 0.330 e. The van der Waals surface area contributed by atoms with Crippen molar-refractivity contribution in [1.29, 1.82) is 0 Å². The van der Waals surface area contributed by atoms with E-state index in [-0.39, 0.29) is 0 Å². The van der Waals surface area contributed by atoms with Gasteiger partial charge in [-0.2, -0.15) is 0 Å². The average molecular weight is 176 g/mol. The summed E-state index contributed by atoms with van der Waals surface area (Å²) < 4.78 is 13.0. The summed E-state index contributed by atoms with van der Waals surface area (Å²) in [7, 11) is -0.776. The topological polar surface area (TPSA) is 46.3 Å². The predicted molar refractivity (Wildman–Crippen MR) is 47.4 cm³/mol. The lowest BCUT2D eigenvalue weighted by Gasteiger charge is -2.28. The van der Waals surface area contributed by atoms with Gasteiger partial charge in [0.25, 0.3) is 0 Å². The van der Waals surface area contributed by atoms with Gasteiger partial charge < -0.3 is 5.73 Å². The lowest BCUT2D eigenvalue weighted by atomic mass is 9.99. The van der Waals surface area contributed by atoms with Gasteiger partial charge in [-0.25, -0.2) is 8.51 Å². The first-order valence-electron chi connectivity index (χ1n) is 4.02. The Kier molecular flexibility index (Phi) is 3.48. The smallest absolute Gasteiger partial charge is 0.0910 e. The number of nitrogens with zero attached hydrogens (tertiary/aromatic N) is 1. The van der Waals surface area contributed by atoms with Crippen LogP contribution in [0.25, 0.3) is 0 Å². The van der Waals surface area contributed by atoms with E-state index in [1.165, 1.54) is 0 Å². The molecule has 66 valence electrons. The summed E-state index contributed by atoms with van der Waals surface area (Å²) in [6, 6.07) is 0. The molecular formula is C7H16N2OS. The van der Waals surface area contributed by atoms with E-state index in [2.05, 4.69) is 0 Å². The summed E-state index contributed by atoms with van der Waals surface area (Å²) in [5.41, 5.74) is 5.53. The van der Waals surface area contributed by atoms with E-state index in [4.69, 9.17) is 5.73 Å². The van der Waals surface area contributed by atoms with E-state index >= 15 is 0 Å². The van der Waals surface area contributed by atoms with Crippen molar-refractivity contribution < 1.29 is 4.21 Å². The molecule has 1 fully saturated rings. The Morgan fingerprint density at radius 3 is 2.45 bits per heavy atom. The molecule has 0 aromatic rings. The van der Waals surface area contributed by atoms with Crippen LogP contribution in [0.1, 0.15) is 12.8 Å². The van der Waals surface area contributed by atoms with E-state index in [1.54, 1.807) is 6.26 Å². The summed E-state index contributed by atoms with van der Waals surface area (Å²) >= 11 is 0. The molecule has 1 rings (SSSR count). The highest BCUT2D eigenvalue weighted by Gasteiger charge is 2.19. The van der Waals surface area contributed by atoms with Crippen LogP contribution in [0.3, 0.4) is 0 Å². The van der Waals surface area contributed by atoms with Crippen molar-refractivity contribution in [3.05, 3.63) is 0 Å². The molecule has 0 aliphatic carbocycles. The van der Waals surface area contributed by atoms with Gasteiger partial charge in [0, 0.05) is 19.3 Å². The van der Waals surface area contributed by atoms with Gasteiger partial charge in [0.1, 0.15) is 0 Å². The van der Waals surface area contributed by atoms with Crippen molar-refractivity contribution >= 4 is 11.0 Å². The zero-order valence-electron chi connectivity index (χ0n) is 6.95. The molecular weight excluding hydrogens is 160 g/mol. The summed E-state index contributed by atoms with van der Waals surface area (Å²) in [5, 5.41) is 0. The first-order valence-corrected chi connectivity index (χ1v) is 5.54. The minimum absolute atomic E-state index is 0.662. The quantitative estimate of drug-likeness (QED) is 0.641. The average Bonchev–Trinajstić information content (AvgIpc) is 2.05. The van der Waals surface area contributed by atoms with Crippen molar-refractivity contribution in [3.63, 3.8) is 0 Å². The summed E-state index contributed by atoms with van der Waals surface area (Å²) in [6.45, 7) is 2.68. The Morgan fingerprint density at radius 2 is 2.09 bits per heavy atom. The van der Waals surface area contributed by atoms with Crippen LogP contribution in [0, 0.1) is 5.92 Å². The van der Waals surface area contributed by atoms with Crippen molar-refractivity contribution in [2.24, 2.45) is 11.7 Å². The maximum absolute atomic E-state index is 11.0. The molecule has 3 nitrogen and oxygen atoms in total. The van der Waals surface area contributed by atoms with Crippen molar-refractivity contribution in [1.82, 2.24) is 4.31 Å². The van der Waals surface area contributed by atoms with Gasteiger partial charge in [0.2, 0.25) is 0 Å². The first kappa shape index (κ1) is 9.16. The Labute approximate surface area is 70.5 Å². The Morgan fingerprint density at radius 1 is 1.55 bits per heavy atom. The summed E-state index contributed by atoms with van der Waals surface area (Å²) in [5.74, 6) is 0.662. The molecule has 2 N–H and O–H groups in total. The SMILES string of the molecule is CS(=O)N1CCC(CN)CC1. The second-order valence-corrected chi connectivity index (χ2v) is 4.40. The van der Waals surface area contributed by atoms with Crippen LogP contribution in [0.4, 0.5) is 0 Å². The molecule has 1 unspecified atom stereocenters. The molecule has 1 aliphatic heterocycles. The van der Waals surface area contributed by atoms with Crippen molar-refractivity contribution in [2.75, 3.05) is 25.9 Å². The molecule has 11 heavy (non-hydrogen) atoms. The predicted octanol–water partition coefficient (Wildman–Crippen LogP) is -0.0494. The van der Waals surface area contributed by atoms with E-state index in [1.807, 2.05) is 4.31 Å². The van der Waals surface area contributed by atoms with Gasteiger partial charge in [-0.05, 0) is 25.3 Å². The maximum Gasteiger partial charge on any atom is 0.0910 e. The highest BCUT2D eigenvalue weighted by Crippen LogP contribution is 2.16. The third-order valence-electron chi connectivity index (χ3n) is 2.27. The number of hydrogen-bond donors (Lipinski definition) is 1. The molecule has 1 aliphatic rings. The van der Waals surface area contributed by atoms with Gasteiger partial charge in [0.15, 0.2) is 0 Å². The number of hydrogen-bond acceptors (Lipinski definition) is 2. The van der Waals surface area contributed by atoms with Gasteiger partial charge in [0.05, 0.1) is 11.0 Å². The van der Waals surface area contributed by atoms with Crippen LogP contribution >= 0.6 is 0 Å². The fraction of sp³-hybridized carbons (Fsp3) is 1.00. The fourth-order valence-corrected chi connectivity index (χ4v) is 2.13. The monoisotopic (exact) mass is 176 g/mol. The van der Waals surface area contributed by atoms with Crippen LogP contribution in [0.5, 0.6) is 0 Å². The standard InChI is InChI=1S/C7H16N2OS/c1-11(10)9-4-2-7(6-8)3-5-9/h7H,2-6,8H2,1H3. The third kappa shape index (κ3) is 2.54. The molecule has 0 saturated carbocycles. The molecule has 0 radical (unpaired) electrons. The van der Waals surface area contributed by atoms with Gasteiger partial charge in [-0.1, -0.05) is 0 Å². The van der Waals surface area contributed by atoms with Gasteiger partial charge in [-0.15, -0.1) is 0 Å². The molecule has 0 aromatic heterocycles. The molecule has 0 aromatic carbocycles. The van der Waals surface area contributed by atoms with Crippen molar-refractivity contribution in [2.45, 2.75) is 12.8 Å². The van der Waals surface area contributed by atoms with E-state index < -0.39 is 11.0 Å². The lowest BCUT2D eigenvalue weighted by molar-refractivity contribution is 0.289. The second kappa shape index (κ2) is 4.18. The zero-order chi connectivity index (χ0) is 8.27. The van der Waals surface area contributed by atoms with Crippen LogP contribution in [-0.2, 0) is 11.0 Å². The maximum atomic E-state index is 11.0. The minimum atomic E-state index is -0.776. The van der Waals surface area contributed by atoms with Crippen LogP contribution in [-0.4, -0.2) is 34.4 Å². The van der Waals surface area contributed by atoms with Crippen LogP contribution < -0.4 is 5.73 Å². The van der Waals surface area contributed by atoms with Crippen LogP contribution in [0.15, 0.2) is 0 Å². The second-order valence-electron chi connectivity index (χ2n) is 3.03. The molecule has 1 heterocycles. The highest BCUT2D eigenvalue weighted by molar-refractivity contribution is 7.81. The van der Waals surface area contributed by atoms with Gasteiger partial charge >= 0.3 is 0 Å². The minimum Gasteiger partial charge on any atom is -0.330 e. The lowest BCUT2D eigenvalue weighted by Crippen LogP contribution is -2.36. The first-order chi connectivity index (χ1) is 5.24. The Hall–Kier alpha value is 0.0700. The van der Waals surface area contributed by atoms with E-state index in [9.17, 15) is 4.21 Å². The van der Waals surface area contributed by atoms with Crippen LogP contribution in [0.2, 0.25) is 0 Å². The fourth-order valence-electron chi connectivity index (χ4n) is 1.40. The van der Waals surface area contributed by atoms with E-state index in [0.717, 1.165) is 32.5 Å². The van der Waals surface area contributed by atoms with Gasteiger partial charge in [-0.3, -0.25) is 0 Å². The summed E-state index contributed by atoms with van der Waals surface area (Å²) in [6.07, 6.45) is 3.95. The molecule has 0 bridgehead atoms. The molecule has 0 spiro atoms. The highest BCUT2D eigenvalue weighted by atomic mass is 32.2. The Balaban J connectivity index is 2.30. The normalized spacial score (nSPS) is 25.3. The molecule has 4 heteroatoms. The third-order valence-corrected chi connectivity index (χ3v) is 3.36. The molecule has 1 saturated heterocycles. The molecule has 1 atom stereocenters. The van der Waals surface area contributed by atoms with E-state index in [0.29, 0.717) is 5.92 Å². The van der Waals surface area contributed by atoms with Crippen molar-refractivity contribution in [3.8, 4) is 0 Å². The number of nitrogens with two attached hydrogens (primary N) is 1. The Bertz CT molecular complexity index is 143.